The van der Waals surface area contributed by atoms with E-state index in [0.717, 1.165) is 6.07 Å². The zero-order valence-corrected chi connectivity index (χ0v) is 21.7. The molecule has 0 aromatic heterocycles. The molecule has 200 valence electrons. The summed E-state index contributed by atoms with van der Waals surface area (Å²) in [6.45, 7) is 3.16. The fourth-order valence-electron chi connectivity index (χ4n) is 5.28. The second kappa shape index (κ2) is 9.72. The highest BCUT2D eigenvalue weighted by Gasteiger charge is 2.54. The third-order valence-electron chi connectivity index (χ3n) is 7.20. The molecule has 37 heavy (non-hydrogen) atoms. The van der Waals surface area contributed by atoms with Crippen LogP contribution >= 0.6 is 11.6 Å². The van der Waals surface area contributed by atoms with E-state index in [1.165, 1.54) is 18.2 Å². The van der Waals surface area contributed by atoms with Gasteiger partial charge in [0.2, 0.25) is 0 Å². The molecule has 1 amide bonds. The quantitative estimate of drug-likeness (QED) is 0.341. The van der Waals surface area contributed by atoms with Crippen molar-refractivity contribution in [3.8, 4) is 0 Å². The molecule has 3 N–H and O–H groups in total. The largest absolute Gasteiger partial charge is 0.386 e. The smallest absolute Gasteiger partial charge is 0.255 e. The van der Waals surface area contributed by atoms with Crippen LogP contribution in [-0.2, 0) is 9.84 Å². The molecule has 6 nitrogen and oxygen atoms in total. The molecule has 2 aromatic rings. The first-order chi connectivity index (χ1) is 17.1. The maximum atomic E-state index is 13.6. The van der Waals surface area contributed by atoms with Crippen LogP contribution in [0.4, 0.5) is 18.9 Å². The molecule has 2 aliphatic carbocycles. The van der Waals surface area contributed by atoms with Gasteiger partial charge in [-0.2, -0.15) is 0 Å². The Morgan fingerprint density at radius 3 is 2.22 bits per heavy atom. The van der Waals surface area contributed by atoms with Gasteiger partial charge in [0.25, 0.3) is 5.91 Å². The molecule has 0 saturated heterocycles. The van der Waals surface area contributed by atoms with E-state index < -0.39 is 49.6 Å². The Balaban J connectivity index is 1.58. The maximum absolute atomic E-state index is 13.6. The minimum absolute atomic E-state index is 0.0921. The van der Waals surface area contributed by atoms with Crippen molar-refractivity contribution in [1.82, 2.24) is 0 Å². The van der Waals surface area contributed by atoms with Crippen molar-refractivity contribution in [3.05, 3.63) is 70.5 Å². The van der Waals surface area contributed by atoms with Gasteiger partial charge in [-0.3, -0.25) is 4.79 Å². The van der Waals surface area contributed by atoms with Gasteiger partial charge in [0, 0.05) is 23.4 Å². The van der Waals surface area contributed by atoms with Crippen molar-refractivity contribution in [2.45, 2.75) is 60.9 Å². The summed E-state index contributed by atoms with van der Waals surface area (Å²) in [5, 5.41) is 22.6. The van der Waals surface area contributed by atoms with E-state index in [4.69, 9.17) is 11.6 Å². The molecule has 2 saturated carbocycles. The van der Waals surface area contributed by atoms with Crippen molar-refractivity contribution in [3.63, 3.8) is 0 Å². The summed E-state index contributed by atoms with van der Waals surface area (Å²) in [4.78, 5) is 12.4. The minimum atomic E-state index is -4.03. The summed E-state index contributed by atoms with van der Waals surface area (Å²) in [7, 11) is -4.03. The molecule has 2 aliphatic rings. The van der Waals surface area contributed by atoms with E-state index in [-0.39, 0.29) is 45.8 Å². The topological polar surface area (TPSA) is 104 Å². The molecule has 2 fully saturated rings. The first kappa shape index (κ1) is 27.6. The lowest BCUT2D eigenvalue weighted by atomic mass is 9.73. The van der Waals surface area contributed by atoms with Crippen LogP contribution in [0, 0.1) is 29.3 Å². The van der Waals surface area contributed by atoms with Crippen LogP contribution in [-0.4, -0.2) is 41.0 Å². The van der Waals surface area contributed by atoms with Crippen LogP contribution in [0.2, 0.25) is 5.02 Å². The third kappa shape index (κ3) is 5.43. The molecule has 0 aliphatic heterocycles. The average Bonchev–Trinajstić information content (AvgIpc) is 2.97. The van der Waals surface area contributed by atoms with Crippen molar-refractivity contribution in [2.75, 3.05) is 5.32 Å². The highest BCUT2D eigenvalue weighted by molar-refractivity contribution is 7.92. The summed E-state index contributed by atoms with van der Waals surface area (Å²) in [5.41, 5.74) is -2.82. The van der Waals surface area contributed by atoms with E-state index in [2.05, 4.69) is 5.32 Å². The van der Waals surface area contributed by atoms with E-state index in [1.807, 2.05) is 0 Å². The Morgan fingerprint density at radius 1 is 1.11 bits per heavy atom. The molecule has 2 unspecified atom stereocenters. The van der Waals surface area contributed by atoms with Crippen LogP contribution < -0.4 is 5.32 Å². The molecule has 2 atom stereocenters. The SMILES string of the molecule is CC(C)(O)/C=C\[C@]1(O)C2CCC1C[C@@H](S(=O)(=O)c1cc(C(=O)Nc3cc(F)c(F)c(F)c3)ccc1Cl)C2. The number of carbonyl (C=O) groups excluding carboxylic acids is 1. The van der Waals surface area contributed by atoms with Crippen molar-refractivity contribution < 1.29 is 36.6 Å². The van der Waals surface area contributed by atoms with Gasteiger partial charge in [-0.05, 0) is 69.6 Å². The van der Waals surface area contributed by atoms with Gasteiger partial charge in [0.05, 0.1) is 26.4 Å². The first-order valence-electron chi connectivity index (χ1n) is 11.8. The van der Waals surface area contributed by atoms with E-state index in [1.54, 1.807) is 19.9 Å². The third-order valence-corrected chi connectivity index (χ3v) is 9.86. The molecule has 11 heteroatoms. The monoisotopic (exact) mass is 557 g/mol. The number of nitrogens with one attached hydrogen (secondary N) is 1. The Morgan fingerprint density at radius 2 is 1.68 bits per heavy atom. The molecule has 2 bridgehead atoms. The van der Waals surface area contributed by atoms with Gasteiger partial charge in [-0.1, -0.05) is 23.8 Å². The summed E-state index contributed by atoms with van der Waals surface area (Å²) >= 11 is 6.23. The summed E-state index contributed by atoms with van der Waals surface area (Å²) in [6, 6.07) is 4.82. The molecular weight excluding hydrogens is 531 g/mol. The number of fused-ring (bicyclic) bond motifs is 2. The van der Waals surface area contributed by atoms with E-state index in [0.29, 0.717) is 25.0 Å². The maximum Gasteiger partial charge on any atom is 0.255 e. The number of sulfone groups is 1. The molecular formula is C26H27ClF3NO5S. The Hall–Kier alpha value is -2.40. The molecule has 0 spiro atoms. The van der Waals surface area contributed by atoms with E-state index >= 15 is 0 Å². The highest BCUT2D eigenvalue weighted by Crippen LogP contribution is 2.53. The zero-order chi connectivity index (χ0) is 27.3. The Kier molecular flexibility index (Phi) is 7.26. The molecule has 4 rings (SSSR count). The van der Waals surface area contributed by atoms with E-state index in [9.17, 15) is 36.6 Å². The number of halogens is 4. The van der Waals surface area contributed by atoms with Crippen molar-refractivity contribution in [1.29, 1.82) is 0 Å². The zero-order valence-electron chi connectivity index (χ0n) is 20.1. The molecule has 0 radical (unpaired) electrons. The number of amides is 1. The lowest BCUT2D eigenvalue weighted by Crippen LogP contribution is -2.47. The van der Waals surface area contributed by atoms with Gasteiger partial charge in [-0.15, -0.1) is 0 Å². The number of aliphatic hydroxyl groups is 2. The van der Waals surface area contributed by atoms with Crippen LogP contribution in [0.3, 0.4) is 0 Å². The number of anilines is 1. The average molecular weight is 558 g/mol. The van der Waals surface area contributed by atoms with Gasteiger partial charge in [0.1, 0.15) is 0 Å². The number of benzene rings is 2. The van der Waals surface area contributed by atoms with Crippen LogP contribution in [0.25, 0.3) is 0 Å². The lowest BCUT2D eigenvalue weighted by Gasteiger charge is -2.41. The second-order valence-corrected chi connectivity index (χ2v) is 12.9. The molecule has 0 heterocycles. The van der Waals surface area contributed by atoms with Gasteiger partial charge < -0.3 is 15.5 Å². The predicted octanol–water partition coefficient (Wildman–Crippen LogP) is 5.03. The lowest BCUT2D eigenvalue weighted by molar-refractivity contribution is -0.0159. The second-order valence-electron chi connectivity index (χ2n) is 10.3. The molecule has 2 aromatic carbocycles. The summed E-state index contributed by atoms with van der Waals surface area (Å²) in [5.74, 6) is -6.19. The first-order valence-corrected chi connectivity index (χ1v) is 13.7. The van der Waals surface area contributed by atoms with Gasteiger partial charge in [-0.25, -0.2) is 21.6 Å². The number of hydrogen-bond acceptors (Lipinski definition) is 5. The normalized spacial score (nSPS) is 26.0. The number of hydrogen-bond donors (Lipinski definition) is 3. The fourth-order valence-corrected chi connectivity index (χ4v) is 7.68. The van der Waals surface area contributed by atoms with Crippen molar-refractivity contribution in [2.24, 2.45) is 11.8 Å². The number of carbonyl (C=O) groups is 1. The Bertz CT molecular complexity index is 1340. The van der Waals surface area contributed by atoms with Crippen LogP contribution in [0.15, 0.2) is 47.4 Å². The summed E-state index contributed by atoms with van der Waals surface area (Å²) < 4.78 is 67.4. The fraction of sp³-hybridized carbons (Fsp3) is 0.423. The Labute approximate surface area is 218 Å². The van der Waals surface area contributed by atoms with Gasteiger partial charge >= 0.3 is 0 Å². The predicted molar refractivity (Wildman–Crippen MR) is 133 cm³/mol. The van der Waals surface area contributed by atoms with Crippen LogP contribution in [0.5, 0.6) is 0 Å². The van der Waals surface area contributed by atoms with Crippen molar-refractivity contribution >= 4 is 33.0 Å². The van der Waals surface area contributed by atoms with Crippen LogP contribution in [0.1, 0.15) is 49.9 Å². The standard InChI is InChI=1S/C26H27ClF3NO5S/c1-25(2,33)7-8-26(34)15-4-5-16(26)11-18(10-15)37(35,36)22-9-14(3-6-19(22)27)24(32)31-17-12-20(28)23(30)21(29)13-17/h3,6-9,12-13,15-16,18,33-34H,4-5,10-11H2,1-2H3,(H,31,32)/b8-7-/t15?,16?,18-,26-. The highest BCUT2D eigenvalue weighted by atomic mass is 35.5. The van der Waals surface area contributed by atoms with Gasteiger partial charge in [0.15, 0.2) is 27.3 Å². The minimum Gasteiger partial charge on any atom is -0.386 e. The number of rotatable bonds is 6. The summed E-state index contributed by atoms with van der Waals surface area (Å²) in [6.07, 6.45) is 4.70.